The second-order valence-electron chi connectivity index (χ2n) is 19.2. The van der Waals surface area contributed by atoms with Crippen LogP contribution < -0.4 is 29.6 Å². The van der Waals surface area contributed by atoms with Gasteiger partial charge in [0.1, 0.15) is 53.2 Å². The van der Waals surface area contributed by atoms with Crippen LogP contribution >= 0.6 is 0 Å². The van der Waals surface area contributed by atoms with Crippen LogP contribution in [-0.4, -0.2) is 144 Å². The number of carbonyl (C=O) groups is 4. The molecule has 5 aliphatic heterocycles. The third kappa shape index (κ3) is 8.79. The number of piperidine rings is 1. The molecule has 0 radical (unpaired) electrons. The summed E-state index contributed by atoms with van der Waals surface area (Å²) in [7, 11) is -4.37. The van der Waals surface area contributed by atoms with Gasteiger partial charge in [-0.25, -0.2) is 28.1 Å². The molecule has 0 bridgehead atoms. The van der Waals surface area contributed by atoms with E-state index in [-0.39, 0.29) is 43.3 Å². The Balaban J connectivity index is 0.703. The average Bonchev–Trinajstić information content (AvgIpc) is 4.11. The van der Waals surface area contributed by atoms with E-state index < -0.39 is 57.2 Å². The number of aromatic nitrogens is 4. The van der Waals surface area contributed by atoms with Gasteiger partial charge in [-0.05, 0) is 79.4 Å². The van der Waals surface area contributed by atoms with Gasteiger partial charge in [0.15, 0.2) is 5.78 Å². The van der Waals surface area contributed by atoms with Crippen molar-refractivity contribution in [1.29, 1.82) is 0 Å². The topological polar surface area (TPSA) is 200 Å². The van der Waals surface area contributed by atoms with Crippen molar-refractivity contribution in [2.45, 2.75) is 50.6 Å². The quantitative estimate of drug-likeness (QED) is 0.123. The molecule has 72 heavy (non-hydrogen) atoms. The van der Waals surface area contributed by atoms with Gasteiger partial charge in [0.05, 0.1) is 5.70 Å². The summed E-state index contributed by atoms with van der Waals surface area (Å²) in [5.41, 5.74) is 2.21. The normalized spacial score (nSPS) is 24.1. The molecular weight excluding hydrogens is 954 g/mol. The molecule has 4 fully saturated rings. The molecule has 3 amide bonds. The number of anilines is 4. The highest BCUT2D eigenvalue weighted by Crippen LogP contribution is 2.41. The average molecular weight is 1010 g/mol. The zero-order valence-corrected chi connectivity index (χ0v) is 40.0. The fourth-order valence-corrected chi connectivity index (χ4v) is 11.9. The molecule has 374 valence electrons. The van der Waals surface area contributed by atoms with E-state index in [0.717, 1.165) is 110 Å². The van der Waals surface area contributed by atoms with Gasteiger partial charge in [-0.2, -0.15) is 12.7 Å². The molecule has 0 spiro atoms. The summed E-state index contributed by atoms with van der Waals surface area (Å²) < 4.78 is 74.7. The molecule has 2 aromatic carbocycles. The number of alkyl halides is 2. The van der Waals surface area contributed by atoms with Crippen LogP contribution in [0.5, 0.6) is 0 Å². The molecule has 4 saturated heterocycles. The minimum absolute atomic E-state index is 0.00216. The van der Waals surface area contributed by atoms with Crippen molar-refractivity contribution in [3.8, 4) is 11.1 Å². The van der Waals surface area contributed by atoms with Crippen LogP contribution in [0.1, 0.15) is 52.5 Å². The highest BCUT2D eigenvalue weighted by molar-refractivity contribution is 7.87. The SMILES string of the molecule is CC1(F)C=CC(NS(=O)(=O)N2CC[C@@H](F)C2)=C(F)C1C(=O)c1c[nH]c2ncc(-c3ccc(N4CCN(c5cc(N6CCN(c7ccc8c(c7)CN(C7CCC(=O)NC7=O)C8=O)CC6)ncn5)CC4)cc3)cc12. The van der Waals surface area contributed by atoms with E-state index in [4.69, 9.17) is 0 Å². The van der Waals surface area contributed by atoms with Crippen LogP contribution in [0.3, 0.4) is 0 Å². The summed E-state index contributed by atoms with van der Waals surface area (Å²) in [5, 5.41) is 2.70. The molecule has 6 aliphatic rings. The zero-order chi connectivity index (χ0) is 50.1. The largest absolute Gasteiger partial charge is 0.368 e. The Bertz CT molecular complexity index is 3190. The number of allylic oxidation sites excluding steroid dienone is 3. The van der Waals surface area contributed by atoms with Gasteiger partial charge in [0.2, 0.25) is 11.8 Å². The molecule has 3 unspecified atom stereocenters. The third-order valence-electron chi connectivity index (χ3n) is 14.7. The smallest absolute Gasteiger partial charge is 0.301 e. The zero-order valence-electron chi connectivity index (χ0n) is 39.2. The molecule has 3 N–H and O–H groups in total. The van der Waals surface area contributed by atoms with Crippen molar-refractivity contribution < 1.29 is 40.8 Å². The first-order valence-electron chi connectivity index (χ1n) is 24.0. The van der Waals surface area contributed by atoms with Gasteiger partial charge in [-0.1, -0.05) is 12.1 Å². The first kappa shape index (κ1) is 47.0. The van der Waals surface area contributed by atoms with E-state index in [1.165, 1.54) is 6.20 Å². The first-order chi connectivity index (χ1) is 34.6. The lowest BCUT2D eigenvalue weighted by atomic mass is 9.80. The second-order valence-corrected chi connectivity index (χ2v) is 20.9. The summed E-state index contributed by atoms with van der Waals surface area (Å²) in [6, 6.07) is 16.9. The Labute approximate surface area is 412 Å². The maximum Gasteiger partial charge on any atom is 0.301 e. The summed E-state index contributed by atoms with van der Waals surface area (Å²) in [6.45, 7) is 6.81. The van der Waals surface area contributed by atoms with Crippen molar-refractivity contribution in [2.24, 2.45) is 5.92 Å². The van der Waals surface area contributed by atoms with E-state index in [0.29, 0.717) is 35.1 Å². The Kier molecular flexibility index (Phi) is 12.0. The summed E-state index contributed by atoms with van der Waals surface area (Å²) in [4.78, 5) is 78.8. The number of benzene rings is 2. The number of fused-ring (bicyclic) bond motifs is 2. The molecule has 22 heteroatoms. The van der Waals surface area contributed by atoms with Crippen molar-refractivity contribution in [2.75, 3.05) is 85.0 Å². The molecule has 3 aromatic heterocycles. The predicted octanol–water partition coefficient (Wildman–Crippen LogP) is 4.59. The summed E-state index contributed by atoms with van der Waals surface area (Å²) >= 11 is 0. The van der Waals surface area contributed by atoms with E-state index in [9.17, 15) is 32.0 Å². The Morgan fingerprint density at radius 3 is 2.15 bits per heavy atom. The number of H-pyrrole nitrogens is 1. The number of piperazine rings is 2. The van der Waals surface area contributed by atoms with Crippen LogP contribution in [0.25, 0.3) is 22.2 Å². The van der Waals surface area contributed by atoms with Crippen LogP contribution in [0.4, 0.5) is 36.2 Å². The van der Waals surface area contributed by atoms with E-state index >= 15 is 8.78 Å². The van der Waals surface area contributed by atoms with Crippen LogP contribution in [0, 0.1) is 5.92 Å². The number of amides is 3. The predicted molar refractivity (Wildman–Crippen MR) is 263 cm³/mol. The minimum Gasteiger partial charge on any atom is -0.368 e. The molecule has 1 aliphatic carbocycles. The van der Waals surface area contributed by atoms with Gasteiger partial charge in [0.25, 0.3) is 5.91 Å². The number of ketones is 1. The monoisotopic (exact) mass is 1000 g/mol. The number of nitrogens with one attached hydrogen (secondary N) is 3. The summed E-state index contributed by atoms with van der Waals surface area (Å²) in [5.74, 6) is -3.41. The standard InChI is InChI=1S/C50H51F3N12O6S/c1-50(53)12-10-39(59-72(70,71)64-13-11-33(51)28-64)45(52)44(50)46(67)38-26-55-47-37(38)23-31(25-54-47)30-2-4-34(5-3-30)60-14-18-62(19-15-60)41-24-42(57-29-56-41)63-20-16-61(17-21-63)35-6-7-36-32(22-35)27-65(49(36)69)40-8-9-43(66)58-48(40)68/h2-7,10,12,22-26,29,33,40,44,59H,8-9,11,13-21,27-28H2,1H3,(H,54,55)(H,58,66,68)/t33-,40?,44?,50?/m1/s1. The molecule has 4 atom stereocenters. The molecule has 0 saturated carbocycles. The Hall–Kier alpha value is -7.33. The summed E-state index contributed by atoms with van der Waals surface area (Å²) in [6.07, 6.45) is 5.68. The number of imide groups is 1. The fourth-order valence-electron chi connectivity index (χ4n) is 10.6. The van der Waals surface area contributed by atoms with Gasteiger partial charge >= 0.3 is 10.2 Å². The highest BCUT2D eigenvalue weighted by Gasteiger charge is 2.46. The Morgan fingerprint density at radius 2 is 1.49 bits per heavy atom. The van der Waals surface area contributed by atoms with Gasteiger partial charge in [-0.15, -0.1) is 0 Å². The lowest BCUT2D eigenvalue weighted by Crippen LogP contribution is -2.52. The van der Waals surface area contributed by atoms with Crippen molar-refractivity contribution >= 4 is 67.8 Å². The molecular formula is C50H51F3N12O6S. The number of aromatic amines is 1. The van der Waals surface area contributed by atoms with E-state index in [1.54, 1.807) is 23.5 Å². The van der Waals surface area contributed by atoms with Crippen molar-refractivity contribution in [3.63, 3.8) is 0 Å². The number of rotatable bonds is 11. The first-order valence-corrected chi connectivity index (χ1v) is 25.5. The molecule has 8 heterocycles. The maximum atomic E-state index is 16.1. The molecule has 5 aromatic rings. The van der Waals surface area contributed by atoms with Gasteiger partial charge < -0.3 is 29.5 Å². The number of Topliss-reactive ketones (excluding diaryl/α,β-unsaturated/α-hetero) is 1. The van der Waals surface area contributed by atoms with Crippen LogP contribution in [-0.2, 0) is 26.3 Å². The number of hydrogen-bond donors (Lipinski definition) is 3. The third-order valence-corrected chi connectivity index (χ3v) is 16.2. The van der Waals surface area contributed by atoms with Crippen LogP contribution in [0.2, 0.25) is 0 Å². The van der Waals surface area contributed by atoms with Gasteiger partial charge in [-0.3, -0.25) is 29.2 Å². The number of nitrogens with zero attached hydrogens (tertiary/aromatic N) is 9. The number of hydrogen-bond acceptors (Lipinski definition) is 13. The Morgan fingerprint density at radius 1 is 0.819 bits per heavy atom. The number of pyridine rings is 1. The number of halogens is 3. The second kappa shape index (κ2) is 18.4. The van der Waals surface area contributed by atoms with Gasteiger partial charge in [0, 0.05) is 130 Å². The van der Waals surface area contributed by atoms with Crippen molar-refractivity contribution in [3.05, 3.63) is 114 Å². The van der Waals surface area contributed by atoms with Crippen LogP contribution in [0.15, 0.2) is 97.0 Å². The minimum atomic E-state index is -4.37. The maximum absolute atomic E-state index is 16.1. The molecule has 11 rings (SSSR count). The van der Waals surface area contributed by atoms with Crippen molar-refractivity contribution in [1.82, 2.24) is 39.2 Å². The lowest BCUT2D eigenvalue weighted by Gasteiger charge is -2.38. The van der Waals surface area contributed by atoms with E-state index in [1.807, 2.05) is 48.5 Å². The fraction of sp³-hybridized carbons (Fsp3) is 0.380. The number of carbonyl (C=O) groups excluding carboxylic acids is 4. The highest BCUT2D eigenvalue weighted by atomic mass is 32.2. The van der Waals surface area contributed by atoms with E-state index in [2.05, 4.69) is 49.6 Å². The molecule has 18 nitrogen and oxygen atoms in total. The lowest BCUT2D eigenvalue weighted by molar-refractivity contribution is -0.136.